The van der Waals surface area contributed by atoms with Crippen LogP contribution in [0.4, 0.5) is 4.39 Å². The van der Waals surface area contributed by atoms with Gasteiger partial charge in [-0.25, -0.2) is 18.6 Å². The third-order valence-electron chi connectivity index (χ3n) is 6.34. The summed E-state index contributed by atoms with van der Waals surface area (Å²) in [5.41, 5.74) is 5.00. The molecule has 0 bridgehead atoms. The van der Waals surface area contributed by atoms with Gasteiger partial charge in [-0.1, -0.05) is 6.07 Å². The smallest absolute Gasteiger partial charge is 0.274 e. The average molecular weight is 472 g/mol. The number of carbonyl (C=O) groups is 1. The highest BCUT2D eigenvalue weighted by Gasteiger charge is 2.25. The Hall–Kier alpha value is -4.38. The number of fused-ring (bicyclic) bond motifs is 4. The third-order valence-corrected chi connectivity index (χ3v) is 6.34. The van der Waals surface area contributed by atoms with Crippen molar-refractivity contribution in [2.45, 2.75) is 26.6 Å². The molecule has 0 atom stereocenters. The van der Waals surface area contributed by atoms with Crippen molar-refractivity contribution >= 4 is 22.5 Å². The van der Waals surface area contributed by atoms with E-state index in [4.69, 9.17) is 0 Å². The largest absolute Gasteiger partial charge is 0.354 e. The SMILES string of the molecule is CNC(=O)c1ccc(-n2cc3c(n2)CN(Cc2ccc4c([nH]c(=O)c5c(C)cnn54)c2F)C3)cn1. The molecule has 0 saturated carbocycles. The number of nitrogens with zero attached hydrogens (tertiary/aromatic N) is 6. The Kier molecular flexibility index (Phi) is 4.74. The first-order valence-electron chi connectivity index (χ1n) is 11.1. The number of hydrogen-bond acceptors (Lipinski definition) is 6. The van der Waals surface area contributed by atoms with Gasteiger partial charge in [0.05, 0.1) is 29.3 Å². The summed E-state index contributed by atoms with van der Waals surface area (Å²) in [7, 11) is 1.56. The number of aromatic amines is 1. The minimum absolute atomic E-state index is 0.151. The van der Waals surface area contributed by atoms with Gasteiger partial charge in [-0.2, -0.15) is 10.2 Å². The van der Waals surface area contributed by atoms with Crippen molar-refractivity contribution in [3.8, 4) is 5.69 Å². The van der Waals surface area contributed by atoms with Crippen LogP contribution in [0.25, 0.3) is 22.2 Å². The van der Waals surface area contributed by atoms with E-state index in [1.165, 1.54) is 4.52 Å². The summed E-state index contributed by atoms with van der Waals surface area (Å²) in [5.74, 6) is -0.698. The predicted molar refractivity (Wildman–Crippen MR) is 126 cm³/mol. The molecule has 11 heteroatoms. The molecule has 4 aromatic heterocycles. The molecular weight excluding hydrogens is 451 g/mol. The molecule has 0 spiro atoms. The van der Waals surface area contributed by atoms with E-state index < -0.39 is 5.82 Å². The molecule has 5 aromatic rings. The number of aryl methyl sites for hydroxylation is 1. The van der Waals surface area contributed by atoms with Gasteiger partial charge in [-0.05, 0) is 25.1 Å². The second kappa shape index (κ2) is 7.84. The molecular formula is C24H21FN8O2. The number of halogens is 1. The summed E-state index contributed by atoms with van der Waals surface area (Å²) in [6, 6.07) is 6.97. The van der Waals surface area contributed by atoms with Gasteiger partial charge in [-0.3, -0.25) is 14.5 Å². The standard InChI is InChI=1S/C24H21FN8O2/c1-13-7-28-33-19-6-3-14(20(25)21(19)29-24(35)22(13)33)9-31-10-15-11-32(30-18(15)12-31)16-4-5-17(27-8-16)23(34)26-2/h3-8,11H,9-10,12H2,1-2H3,(H,26,34)(H,29,35). The van der Waals surface area contributed by atoms with E-state index in [1.807, 2.05) is 6.20 Å². The molecule has 1 amide bonds. The molecule has 0 saturated heterocycles. The molecule has 0 unspecified atom stereocenters. The molecule has 1 aliphatic heterocycles. The van der Waals surface area contributed by atoms with Gasteiger partial charge >= 0.3 is 0 Å². The molecule has 176 valence electrons. The van der Waals surface area contributed by atoms with Crippen molar-refractivity contribution in [2.24, 2.45) is 0 Å². The lowest BCUT2D eigenvalue weighted by molar-refractivity contribution is 0.0958. The van der Waals surface area contributed by atoms with E-state index in [0.29, 0.717) is 41.9 Å². The van der Waals surface area contributed by atoms with Crippen LogP contribution in [0.3, 0.4) is 0 Å². The number of hydrogen-bond donors (Lipinski definition) is 2. The molecule has 6 rings (SSSR count). The van der Waals surface area contributed by atoms with E-state index in [1.54, 1.807) is 55.3 Å². The number of carbonyl (C=O) groups excluding carboxylic acids is 1. The molecule has 35 heavy (non-hydrogen) atoms. The number of pyridine rings is 1. The highest BCUT2D eigenvalue weighted by molar-refractivity contribution is 5.92. The maximum Gasteiger partial charge on any atom is 0.274 e. The average Bonchev–Trinajstić information content (AvgIpc) is 3.54. The van der Waals surface area contributed by atoms with Gasteiger partial charge < -0.3 is 10.3 Å². The Morgan fingerprint density at radius 1 is 1.20 bits per heavy atom. The Balaban J connectivity index is 1.23. The summed E-state index contributed by atoms with van der Waals surface area (Å²) < 4.78 is 18.6. The zero-order chi connectivity index (χ0) is 24.3. The summed E-state index contributed by atoms with van der Waals surface area (Å²) >= 11 is 0. The monoisotopic (exact) mass is 472 g/mol. The summed E-state index contributed by atoms with van der Waals surface area (Å²) in [5, 5.41) is 11.4. The van der Waals surface area contributed by atoms with Crippen LogP contribution >= 0.6 is 0 Å². The highest BCUT2D eigenvalue weighted by Crippen LogP contribution is 2.27. The fraction of sp³-hybridized carbons (Fsp3) is 0.208. The second-order valence-corrected chi connectivity index (χ2v) is 8.65. The van der Waals surface area contributed by atoms with Crippen LogP contribution in [-0.4, -0.2) is 47.2 Å². The topological polar surface area (TPSA) is 113 Å². The van der Waals surface area contributed by atoms with E-state index >= 15 is 4.39 Å². The number of nitrogens with one attached hydrogen (secondary N) is 2. The molecule has 10 nitrogen and oxygen atoms in total. The lowest BCUT2D eigenvalue weighted by Crippen LogP contribution is -2.19. The van der Waals surface area contributed by atoms with Crippen molar-refractivity contribution in [3.05, 3.63) is 87.1 Å². The summed E-state index contributed by atoms with van der Waals surface area (Å²) in [6.45, 7) is 3.36. The summed E-state index contributed by atoms with van der Waals surface area (Å²) in [4.78, 5) is 33.1. The van der Waals surface area contributed by atoms with Crippen molar-refractivity contribution in [3.63, 3.8) is 0 Å². The van der Waals surface area contributed by atoms with Gasteiger partial charge in [0, 0.05) is 49.6 Å². The third kappa shape index (κ3) is 3.39. The van der Waals surface area contributed by atoms with Crippen molar-refractivity contribution < 1.29 is 9.18 Å². The molecule has 1 aliphatic rings. The van der Waals surface area contributed by atoms with Crippen LogP contribution in [0.5, 0.6) is 0 Å². The van der Waals surface area contributed by atoms with Gasteiger partial charge in [0.1, 0.15) is 16.7 Å². The van der Waals surface area contributed by atoms with Gasteiger partial charge in [0.2, 0.25) is 0 Å². The number of amides is 1. The van der Waals surface area contributed by atoms with E-state index in [2.05, 4.69) is 30.4 Å². The first-order valence-corrected chi connectivity index (χ1v) is 11.1. The number of aromatic nitrogens is 6. The van der Waals surface area contributed by atoms with Crippen molar-refractivity contribution in [2.75, 3.05) is 7.05 Å². The normalized spacial score (nSPS) is 13.6. The quantitative estimate of drug-likeness (QED) is 0.414. The maximum atomic E-state index is 15.4. The minimum atomic E-state index is -0.452. The van der Waals surface area contributed by atoms with E-state index in [0.717, 1.165) is 22.5 Å². The van der Waals surface area contributed by atoms with Crippen LogP contribution in [0.15, 0.2) is 47.7 Å². The Morgan fingerprint density at radius 3 is 2.80 bits per heavy atom. The Labute approximate surface area is 198 Å². The van der Waals surface area contributed by atoms with Crippen LogP contribution < -0.4 is 10.9 Å². The van der Waals surface area contributed by atoms with Gasteiger partial charge in [0.25, 0.3) is 11.5 Å². The first-order chi connectivity index (χ1) is 16.9. The number of rotatable bonds is 4. The lowest BCUT2D eigenvalue weighted by atomic mass is 10.1. The fourth-order valence-corrected chi connectivity index (χ4v) is 4.58. The second-order valence-electron chi connectivity index (χ2n) is 8.65. The Morgan fingerprint density at radius 2 is 2.06 bits per heavy atom. The predicted octanol–water partition coefficient (Wildman–Crippen LogP) is 2.08. The van der Waals surface area contributed by atoms with Crippen LogP contribution in [0.1, 0.15) is 32.9 Å². The van der Waals surface area contributed by atoms with Crippen LogP contribution in [-0.2, 0) is 19.6 Å². The molecule has 2 N–H and O–H groups in total. The molecule has 0 fully saturated rings. The zero-order valence-corrected chi connectivity index (χ0v) is 19.0. The van der Waals surface area contributed by atoms with Gasteiger partial charge in [0.15, 0.2) is 5.82 Å². The first kappa shape index (κ1) is 21.2. The maximum absolute atomic E-state index is 15.4. The van der Waals surface area contributed by atoms with Gasteiger partial charge in [-0.15, -0.1) is 0 Å². The van der Waals surface area contributed by atoms with Crippen molar-refractivity contribution in [1.29, 1.82) is 0 Å². The minimum Gasteiger partial charge on any atom is -0.354 e. The number of benzene rings is 1. The Bertz CT molecular complexity index is 1660. The zero-order valence-electron chi connectivity index (χ0n) is 19.0. The van der Waals surface area contributed by atoms with Crippen LogP contribution in [0, 0.1) is 12.7 Å². The fourth-order valence-electron chi connectivity index (χ4n) is 4.58. The molecule has 5 heterocycles. The number of H-pyrrole nitrogens is 1. The molecule has 1 aromatic carbocycles. The summed E-state index contributed by atoms with van der Waals surface area (Å²) in [6.07, 6.45) is 5.13. The molecule has 0 radical (unpaired) electrons. The highest BCUT2D eigenvalue weighted by atomic mass is 19.1. The lowest BCUT2D eigenvalue weighted by Gasteiger charge is -2.16. The van der Waals surface area contributed by atoms with Crippen LogP contribution in [0.2, 0.25) is 0 Å². The van der Waals surface area contributed by atoms with E-state index in [-0.39, 0.29) is 17.0 Å². The molecule has 0 aliphatic carbocycles. The van der Waals surface area contributed by atoms with E-state index in [9.17, 15) is 9.59 Å². The van der Waals surface area contributed by atoms with Crippen molar-refractivity contribution in [1.82, 2.24) is 39.6 Å².